The number of esters is 1. The van der Waals surface area contributed by atoms with E-state index in [1.165, 1.54) is 18.1 Å². The number of ether oxygens (including phenoxy) is 2. The van der Waals surface area contributed by atoms with Gasteiger partial charge in [-0.25, -0.2) is 0 Å². The molecule has 0 N–H and O–H groups in total. The second kappa shape index (κ2) is 8.13. The van der Waals surface area contributed by atoms with Gasteiger partial charge in [0.1, 0.15) is 6.10 Å². The molecule has 3 fully saturated rings. The first-order valence-electron chi connectivity index (χ1n) is 12.4. The summed E-state index contributed by atoms with van der Waals surface area (Å²) < 4.78 is 12.0. The summed E-state index contributed by atoms with van der Waals surface area (Å²) in [6, 6.07) is 10.4. The van der Waals surface area contributed by atoms with Crippen molar-refractivity contribution in [3.05, 3.63) is 47.5 Å². The van der Waals surface area contributed by atoms with Crippen molar-refractivity contribution in [1.82, 2.24) is 0 Å². The van der Waals surface area contributed by atoms with E-state index in [0.717, 1.165) is 44.9 Å². The minimum absolute atomic E-state index is 0.0551. The van der Waals surface area contributed by atoms with Crippen molar-refractivity contribution in [2.24, 2.45) is 28.6 Å². The van der Waals surface area contributed by atoms with Gasteiger partial charge in [0.25, 0.3) is 0 Å². The van der Waals surface area contributed by atoms with Gasteiger partial charge in [-0.3, -0.25) is 9.59 Å². The van der Waals surface area contributed by atoms with Crippen molar-refractivity contribution >= 4 is 11.8 Å². The van der Waals surface area contributed by atoms with Crippen LogP contribution in [0.3, 0.4) is 0 Å². The van der Waals surface area contributed by atoms with Crippen LogP contribution in [0.2, 0.25) is 0 Å². The van der Waals surface area contributed by atoms with Crippen LogP contribution in [-0.2, 0) is 25.7 Å². The normalized spacial score (nSPS) is 40.7. The largest absolute Gasteiger partial charge is 0.462 e. The van der Waals surface area contributed by atoms with Gasteiger partial charge in [0.05, 0.1) is 12.7 Å². The molecule has 4 aliphatic rings. The first-order chi connectivity index (χ1) is 15.3. The van der Waals surface area contributed by atoms with Gasteiger partial charge in [0.2, 0.25) is 0 Å². The monoisotopic (exact) mass is 436 g/mol. The number of benzene rings is 1. The lowest BCUT2D eigenvalue weighted by Crippen LogP contribution is -2.54. The average Bonchev–Trinajstić information content (AvgIpc) is 3.10. The molecule has 172 valence electrons. The molecule has 4 aliphatic carbocycles. The first kappa shape index (κ1) is 21.9. The highest BCUT2D eigenvalue weighted by Crippen LogP contribution is 2.64. The SMILES string of the molecule is CC(=O)O[C@H]1CC[C@@]2(C)C(=CC(=O)[C@H]3[C@@H]4CC[C@H](OCc5ccccc5)[C@@]4(C)CC[C@@H]32)C1. The zero-order chi connectivity index (χ0) is 22.5. The molecule has 0 saturated heterocycles. The zero-order valence-corrected chi connectivity index (χ0v) is 19.6. The van der Waals surface area contributed by atoms with Gasteiger partial charge < -0.3 is 9.47 Å². The smallest absolute Gasteiger partial charge is 0.302 e. The fourth-order valence-electron chi connectivity index (χ4n) is 7.70. The highest BCUT2D eigenvalue weighted by Gasteiger charge is 2.61. The van der Waals surface area contributed by atoms with Gasteiger partial charge in [0, 0.05) is 19.3 Å². The Morgan fingerprint density at radius 2 is 1.81 bits per heavy atom. The lowest BCUT2D eigenvalue weighted by atomic mass is 9.47. The molecule has 0 heterocycles. The second-order valence-corrected chi connectivity index (χ2v) is 11.1. The van der Waals surface area contributed by atoms with E-state index in [9.17, 15) is 9.59 Å². The van der Waals surface area contributed by atoms with Crippen LogP contribution in [0.4, 0.5) is 0 Å². The van der Waals surface area contributed by atoms with E-state index in [-0.39, 0.29) is 34.9 Å². The van der Waals surface area contributed by atoms with E-state index >= 15 is 0 Å². The average molecular weight is 437 g/mol. The Hall–Kier alpha value is -1.94. The molecule has 7 atom stereocenters. The highest BCUT2D eigenvalue weighted by molar-refractivity contribution is 5.94. The van der Waals surface area contributed by atoms with Crippen LogP contribution in [0.25, 0.3) is 0 Å². The minimum atomic E-state index is -0.222. The van der Waals surface area contributed by atoms with E-state index in [4.69, 9.17) is 9.47 Å². The lowest BCUT2D eigenvalue weighted by molar-refractivity contribution is -0.150. The highest BCUT2D eigenvalue weighted by atomic mass is 16.5. The van der Waals surface area contributed by atoms with Crippen LogP contribution >= 0.6 is 0 Å². The van der Waals surface area contributed by atoms with Crippen molar-refractivity contribution < 1.29 is 19.1 Å². The number of carbonyl (C=O) groups excluding carboxylic acids is 2. The predicted molar refractivity (Wildman–Crippen MR) is 123 cm³/mol. The fourth-order valence-corrected chi connectivity index (χ4v) is 7.70. The van der Waals surface area contributed by atoms with Gasteiger partial charge >= 0.3 is 5.97 Å². The summed E-state index contributed by atoms with van der Waals surface area (Å²) in [5.74, 6) is 0.999. The molecule has 4 nitrogen and oxygen atoms in total. The fraction of sp³-hybridized carbons (Fsp3) is 0.643. The molecule has 32 heavy (non-hydrogen) atoms. The van der Waals surface area contributed by atoms with Crippen LogP contribution in [0.1, 0.15) is 71.3 Å². The molecule has 0 radical (unpaired) electrons. The van der Waals surface area contributed by atoms with Crippen molar-refractivity contribution in [2.75, 3.05) is 0 Å². The molecule has 5 rings (SSSR count). The maximum absolute atomic E-state index is 13.5. The summed E-state index contributed by atoms with van der Waals surface area (Å²) in [6.07, 6.45) is 9.05. The summed E-state index contributed by atoms with van der Waals surface area (Å²) in [5.41, 5.74) is 2.56. The lowest BCUT2D eigenvalue weighted by Gasteiger charge is -2.57. The summed E-state index contributed by atoms with van der Waals surface area (Å²) in [6.45, 7) is 6.87. The minimum Gasteiger partial charge on any atom is -0.462 e. The van der Waals surface area contributed by atoms with Crippen molar-refractivity contribution in [1.29, 1.82) is 0 Å². The van der Waals surface area contributed by atoms with E-state index in [0.29, 0.717) is 24.2 Å². The van der Waals surface area contributed by atoms with Crippen molar-refractivity contribution in [3.8, 4) is 0 Å². The van der Waals surface area contributed by atoms with Crippen molar-refractivity contribution in [2.45, 2.75) is 84.5 Å². The number of allylic oxidation sites excluding steroid dienone is 1. The number of fused-ring (bicyclic) bond motifs is 5. The molecule has 1 aromatic rings. The Morgan fingerprint density at radius 1 is 1.03 bits per heavy atom. The third-order valence-electron chi connectivity index (χ3n) is 9.44. The Balaban J connectivity index is 1.35. The second-order valence-electron chi connectivity index (χ2n) is 11.1. The Labute approximate surface area is 191 Å². The van der Waals surface area contributed by atoms with E-state index in [2.05, 4.69) is 38.1 Å². The topological polar surface area (TPSA) is 52.6 Å². The molecular formula is C28H36O4. The van der Waals surface area contributed by atoms with Gasteiger partial charge in [-0.1, -0.05) is 49.8 Å². The molecule has 0 aliphatic heterocycles. The third-order valence-corrected chi connectivity index (χ3v) is 9.44. The first-order valence-corrected chi connectivity index (χ1v) is 12.4. The Bertz CT molecular complexity index is 921. The maximum atomic E-state index is 13.5. The standard InChI is InChI=1S/C28H36O4/c1-18(29)32-21-11-13-27(2)20(15-21)16-24(30)26-22-9-10-25(28(22,3)14-12-23(26)27)31-17-19-7-5-4-6-8-19/h4-8,16,21-23,25-26H,9-15,17H2,1-3H3/t21-,22-,23-,25-,26-,27-,28-/m0/s1. The quantitative estimate of drug-likeness (QED) is 0.573. The van der Waals surface area contributed by atoms with Crippen molar-refractivity contribution in [3.63, 3.8) is 0 Å². The summed E-state index contributed by atoms with van der Waals surface area (Å²) in [7, 11) is 0. The third kappa shape index (κ3) is 3.55. The molecule has 0 unspecified atom stereocenters. The Morgan fingerprint density at radius 3 is 2.56 bits per heavy atom. The van der Waals surface area contributed by atoms with Crippen LogP contribution < -0.4 is 0 Å². The summed E-state index contributed by atoms with van der Waals surface area (Å²) >= 11 is 0. The number of hydrogen-bond donors (Lipinski definition) is 0. The van der Waals surface area contributed by atoms with Gasteiger partial charge in [0.15, 0.2) is 5.78 Å². The van der Waals surface area contributed by atoms with E-state index in [1.807, 2.05) is 12.1 Å². The molecule has 0 bridgehead atoms. The molecule has 3 saturated carbocycles. The summed E-state index contributed by atoms with van der Waals surface area (Å²) in [4.78, 5) is 25.0. The van der Waals surface area contributed by atoms with Crippen LogP contribution in [0.15, 0.2) is 42.0 Å². The summed E-state index contributed by atoms with van der Waals surface area (Å²) in [5, 5.41) is 0. The van der Waals surface area contributed by atoms with Crippen LogP contribution in [-0.4, -0.2) is 24.0 Å². The van der Waals surface area contributed by atoms with E-state index < -0.39 is 0 Å². The molecule has 1 aromatic carbocycles. The maximum Gasteiger partial charge on any atom is 0.302 e. The molecule has 0 aromatic heterocycles. The number of rotatable bonds is 4. The molecule has 0 spiro atoms. The number of ketones is 1. The van der Waals surface area contributed by atoms with Crippen LogP contribution in [0, 0.1) is 28.6 Å². The van der Waals surface area contributed by atoms with Gasteiger partial charge in [-0.2, -0.15) is 0 Å². The van der Waals surface area contributed by atoms with Crippen LogP contribution in [0.5, 0.6) is 0 Å². The van der Waals surface area contributed by atoms with E-state index in [1.54, 1.807) is 0 Å². The predicted octanol–water partition coefficient (Wildman–Crippen LogP) is 5.65. The zero-order valence-electron chi connectivity index (χ0n) is 19.6. The number of carbonyl (C=O) groups is 2. The number of hydrogen-bond acceptors (Lipinski definition) is 4. The molecule has 4 heteroatoms. The molecular weight excluding hydrogens is 400 g/mol. The Kier molecular flexibility index (Phi) is 5.56. The van der Waals surface area contributed by atoms with Gasteiger partial charge in [-0.05, 0) is 72.8 Å². The van der Waals surface area contributed by atoms with Gasteiger partial charge in [-0.15, -0.1) is 0 Å². The molecule has 0 amide bonds.